The summed E-state index contributed by atoms with van der Waals surface area (Å²) in [7, 11) is -2.92. The van der Waals surface area contributed by atoms with Crippen LogP contribution in [0, 0.1) is 5.92 Å². The van der Waals surface area contributed by atoms with Crippen LogP contribution in [0.15, 0.2) is 60.7 Å². The fraction of sp³-hybridized carbons (Fsp3) is 0.641. The highest BCUT2D eigenvalue weighted by atomic mass is 28.4. The fourth-order valence-electron chi connectivity index (χ4n) is 8.94. The Kier molecular flexibility index (Phi) is 9.06. The molecule has 2 aromatic rings. The molecule has 268 valence electrons. The molecule has 5 atom stereocenters. The van der Waals surface area contributed by atoms with Crippen LogP contribution in [0.2, 0.25) is 5.04 Å². The standard InChI is InChI=1S/C39H55NO8Si/c1-34(2,3)47-33(42)40-24-17-23-38(40)29(30(41)39(26-43-36(7,8)48-39)32-31(38)45-37(9,10)46-32)22-25-44-49(35(4,5)6,27-18-13-11-14-19-27)28-20-15-12-16-21-28/h11-16,18-21,29,31-32H,17,22-26H2,1-10H3/t29-,31+,32+,38+,39-/m0/s1. The van der Waals surface area contributed by atoms with Crippen LogP contribution in [-0.2, 0) is 32.9 Å². The maximum absolute atomic E-state index is 15.3. The van der Waals surface area contributed by atoms with Gasteiger partial charge in [0, 0.05) is 19.1 Å². The molecule has 4 fully saturated rings. The van der Waals surface area contributed by atoms with E-state index in [2.05, 4.69) is 69.3 Å². The fourth-order valence-corrected chi connectivity index (χ4v) is 13.5. The van der Waals surface area contributed by atoms with E-state index in [9.17, 15) is 4.79 Å². The molecular weight excluding hydrogens is 639 g/mol. The van der Waals surface area contributed by atoms with Gasteiger partial charge in [-0.25, -0.2) is 4.79 Å². The molecule has 4 aliphatic rings. The predicted molar refractivity (Wildman–Crippen MR) is 189 cm³/mol. The van der Waals surface area contributed by atoms with Gasteiger partial charge >= 0.3 is 6.09 Å². The normalized spacial score (nSPS) is 31.0. The van der Waals surface area contributed by atoms with Gasteiger partial charge < -0.3 is 28.1 Å². The average Bonchev–Trinajstić information content (AvgIpc) is 3.69. The smallest absolute Gasteiger partial charge is 0.410 e. The third kappa shape index (κ3) is 6.10. The van der Waals surface area contributed by atoms with Crippen LogP contribution in [-0.4, -0.2) is 85.4 Å². The molecule has 3 heterocycles. The number of amides is 1. The van der Waals surface area contributed by atoms with E-state index < -0.39 is 60.9 Å². The first-order valence-electron chi connectivity index (χ1n) is 17.8. The molecule has 0 aromatic heterocycles. The van der Waals surface area contributed by atoms with E-state index in [1.165, 1.54) is 0 Å². The Morgan fingerprint density at radius 1 is 0.878 bits per heavy atom. The third-order valence-electron chi connectivity index (χ3n) is 10.7. The number of hydrogen-bond donors (Lipinski definition) is 0. The molecule has 1 amide bonds. The monoisotopic (exact) mass is 693 g/mol. The van der Waals surface area contributed by atoms with Crippen molar-refractivity contribution in [2.75, 3.05) is 19.8 Å². The highest BCUT2D eigenvalue weighted by molar-refractivity contribution is 6.99. The van der Waals surface area contributed by atoms with Gasteiger partial charge in [0.25, 0.3) is 8.32 Å². The largest absolute Gasteiger partial charge is 0.444 e. The van der Waals surface area contributed by atoms with Crippen molar-refractivity contribution in [1.29, 1.82) is 0 Å². The van der Waals surface area contributed by atoms with Gasteiger partial charge in [0.2, 0.25) is 0 Å². The van der Waals surface area contributed by atoms with Gasteiger partial charge in [0.1, 0.15) is 17.8 Å². The minimum Gasteiger partial charge on any atom is -0.444 e. The average molecular weight is 694 g/mol. The lowest BCUT2D eigenvalue weighted by molar-refractivity contribution is -0.217. The minimum atomic E-state index is -2.92. The van der Waals surface area contributed by atoms with Crippen molar-refractivity contribution in [2.45, 2.75) is 134 Å². The summed E-state index contributed by atoms with van der Waals surface area (Å²) in [6, 6.07) is 21.0. The summed E-state index contributed by atoms with van der Waals surface area (Å²) in [4.78, 5) is 31.2. The minimum absolute atomic E-state index is 0.0357. The number of hydrogen-bond acceptors (Lipinski definition) is 8. The molecule has 2 spiro atoms. The third-order valence-corrected chi connectivity index (χ3v) is 15.7. The molecule has 1 aliphatic carbocycles. The number of fused-ring (bicyclic) bond motifs is 3. The van der Waals surface area contributed by atoms with Crippen molar-refractivity contribution in [2.24, 2.45) is 5.92 Å². The van der Waals surface area contributed by atoms with Crippen LogP contribution in [0.1, 0.15) is 88.5 Å². The molecular formula is C39H55NO8Si. The highest BCUT2D eigenvalue weighted by Crippen LogP contribution is 2.57. The van der Waals surface area contributed by atoms with E-state index in [0.717, 1.165) is 10.4 Å². The zero-order chi connectivity index (χ0) is 35.7. The number of likely N-dealkylation sites (tertiary alicyclic amines) is 1. The summed E-state index contributed by atoms with van der Waals surface area (Å²) >= 11 is 0. The zero-order valence-electron chi connectivity index (χ0n) is 31.0. The van der Waals surface area contributed by atoms with Crippen molar-refractivity contribution in [1.82, 2.24) is 4.90 Å². The summed E-state index contributed by atoms with van der Waals surface area (Å²) < 4.78 is 39.5. The zero-order valence-corrected chi connectivity index (χ0v) is 32.0. The van der Waals surface area contributed by atoms with Crippen LogP contribution in [0.5, 0.6) is 0 Å². The second-order valence-electron chi connectivity index (χ2n) is 17.1. The SMILES string of the molecule is CC(C)(C)OC(=O)N1CCC[C@@]12[C@@H]1OC(C)(C)O[C@H]1[C@]1(COC(C)(C)O1)C(=O)[C@@H]2CCO[Si](c1ccccc1)(c1ccccc1)C(C)(C)C. The Morgan fingerprint density at radius 3 is 1.96 bits per heavy atom. The van der Waals surface area contributed by atoms with Crippen LogP contribution in [0.3, 0.4) is 0 Å². The molecule has 2 aromatic carbocycles. The second-order valence-corrected chi connectivity index (χ2v) is 21.4. The van der Waals surface area contributed by atoms with Crippen molar-refractivity contribution >= 4 is 30.6 Å². The van der Waals surface area contributed by atoms with E-state index in [0.29, 0.717) is 25.8 Å². The number of ether oxygens (including phenoxy) is 5. The summed E-state index contributed by atoms with van der Waals surface area (Å²) in [6.45, 7) is 20.4. The number of ketones is 1. The van der Waals surface area contributed by atoms with E-state index in [4.69, 9.17) is 28.1 Å². The van der Waals surface area contributed by atoms with Crippen molar-refractivity contribution in [3.63, 3.8) is 0 Å². The van der Waals surface area contributed by atoms with E-state index >= 15 is 4.79 Å². The van der Waals surface area contributed by atoms with Crippen molar-refractivity contribution in [3.8, 4) is 0 Å². The Morgan fingerprint density at radius 2 is 1.45 bits per heavy atom. The lowest BCUT2D eigenvalue weighted by Gasteiger charge is -2.55. The summed E-state index contributed by atoms with van der Waals surface area (Å²) in [5.74, 6) is -2.86. The molecule has 1 saturated carbocycles. The summed E-state index contributed by atoms with van der Waals surface area (Å²) in [5, 5.41) is 2.08. The van der Waals surface area contributed by atoms with Gasteiger partial charge in [-0.1, -0.05) is 81.4 Å². The van der Waals surface area contributed by atoms with Crippen molar-refractivity contribution < 1.29 is 37.7 Å². The molecule has 0 N–H and O–H groups in total. The second kappa shape index (κ2) is 12.3. The van der Waals surface area contributed by atoms with Crippen LogP contribution < -0.4 is 10.4 Å². The first-order chi connectivity index (χ1) is 22.8. The first kappa shape index (κ1) is 36.2. The molecule has 10 heteroatoms. The van der Waals surface area contributed by atoms with E-state index in [-0.39, 0.29) is 24.0 Å². The van der Waals surface area contributed by atoms with Gasteiger partial charge in [-0.2, -0.15) is 0 Å². The van der Waals surface area contributed by atoms with Gasteiger partial charge in [-0.15, -0.1) is 0 Å². The summed E-state index contributed by atoms with van der Waals surface area (Å²) in [5.41, 5.74) is -3.16. The topological polar surface area (TPSA) is 92.8 Å². The van der Waals surface area contributed by atoms with Crippen LogP contribution >= 0.6 is 0 Å². The van der Waals surface area contributed by atoms with Gasteiger partial charge in [0.15, 0.2) is 23.0 Å². The maximum Gasteiger partial charge on any atom is 0.410 e. The van der Waals surface area contributed by atoms with Gasteiger partial charge in [-0.3, -0.25) is 9.69 Å². The molecule has 9 nitrogen and oxygen atoms in total. The quantitative estimate of drug-likeness (QED) is 0.343. The number of carbonyl (C=O) groups excluding carboxylic acids is 2. The predicted octanol–water partition coefficient (Wildman–Crippen LogP) is 5.96. The number of carbonyl (C=O) groups is 2. The number of rotatable bonds is 6. The first-order valence-corrected chi connectivity index (χ1v) is 19.7. The van der Waals surface area contributed by atoms with Crippen LogP contribution in [0.25, 0.3) is 0 Å². The molecule has 0 radical (unpaired) electrons. The van der Waals surface area contributed by atoms with E-state index in [1.54, 1.807) is 4.90 Å². The van der Waals surface area contributed by atoms with Crippen molar-refractivity contribution in [3.05, 3.63) is 60.7 Å². The van der Waals surface area contributed by atoms with E-state index in [1.807, 2.05) is 60.6 Å². The lowest BCUT2D eigenvalue weighted by atomic mass is 9.60. The Labute approximate surface area is 293 Å². The Hall–Kier alpha value is -2.60. The molecule has 3 saturated heterocycles. The highest BCUT2D eigenvalue weighted by Gasteiger charge is 2.76. The van der Waals surface area contributed by atoms with Gasteiger partial charge in [-0.05, 0) is 83.1 Å². The molecule has 0 bridgehead atoms. The Bertz CT molecular complexity index is 1490. The number of Topliss-reactive ketones (excluding diaryl/α,β-unsaturated/α-hetero) is 1. The molecule has 6 rings (SSSR count). The Balaban J connectivity index is 1.46. The number of benzene rings is 2. The number of nitrogens with zero attached hydrogens (tertiary/aromatic N) is 1. The molecule has 3 aliphatic heterocycles. The van der Waals surface area contributed by atoms with Crippen LogP contribution in [0.4, 0.5) is 4.79 Å². The molecule has 0 unspecified atom stereocenters. The lowest BCUT2D eigenvalue weighted by Crippen LogP contribution is -2.76. The molecule has 49 heavy (non-hydrogen) atoms. The summed E-state index contributed by atoms with van der Waals surface area (Å²) in [6.07, 6.45) is -0.298. The maximum atomic E-state index is 15.3. The van der Waals surface area contributed by atoms with Gasteiger partial charge in [0.05, 0.1) is 12.1 Å².